The molecule has 11 heteroatoms. The molecule has 0 saturated carbocycles. The van der Waals surface area contributed by atoms with Crippen molar-refractivity contribution < 1.29 is 18.7 Å². The maximum Gasteiger partial charge on any atom is 0.356 e. The number of methoxy groups -OCH3 is 1. The molecule has 0 radical (unpaired) electrons. The number of rotatable bonds is 7. The number of nitrogens with zero attached hydrogens (tertiary/aromatic N) is 3. The Balaban J connectivity index is 1.43. The van der Waals surface area contributed by atoms with Crippen molar-refractivity contribution >= 4 is 52.3 Å². The van der Waals surface area contributed by atoms with E-state index in [9.17, 15) is 14.0 Å². The van der Waals surface area contributed by atoms with Gasteiger partial charge in [0.25, 0.3) is 5.91 Å². The number of esters is 1. The number of aromatic nitrogens is 3. The second kappa shape index (κ2) is 10.6. The molecule has 0 aliphatic heterocycles. The van der Waals surface area contributed by atoms with Gasteiger partial charge in [0.15, 0.2) is 11.6 Å². The fourth-order valence-corrected chi connectivity index (χ4v) is 3.12. The smallest absolute Gasteiger partial charge is 0.356 e. The SMILES string of the molecule is COC(=O)c1ccc(Nc2ncc(F)c(Nc3ccc(C(=O)Nc4ccccc4Cl)cc3)n2)cn1. The van der Waals surface area contributed by atoms with E-state index < -0.39 is 11.8 Å². The van der Waals surface area contributed by atoms with Crippen LogP contribution in [-0.2, 0) is 4.74 Å². The fraction of sp³-hybridized carbons (Fsp3) is 0.0417. The molecule has 2 aromatic carbocycles. The Hall–Kier alpha value is -4.57. The number of anilines is 5. The standard InChI is InChI=1S/C24H18ClFN6O3/c1-35-23(34)20-11-10-16(12-27-20)30-24-28-13-18(26)21(32-24)29-15-8-6-14(7-9-15)22(33)31-19-5-3-2-4-17(19)25/h2-13H,1H3,(H,31,33)(H2,28,29,30,32). The summed E-state index contributed by atoms with van der Waals surface area (Å²) in [6.07, 6.45) is 2.41. The highest BCUT2D eigenvalue weighted by molar-refractivity contribution is 6.33. The highest BCUT2D eigenvalue weighted by atomic mass is 35.5. The molecule has 2 aromatic heterocycles. The third-order valence-electron chi connectivity index (χ3n) is 4.69. The van der Waals surface area contributed by atoms with E-state index in [0.717, 1.165) is 6.20 Å². The number of halogens is 2. The molecule has 0 spiro atoms. The maximum atomic E-state index is 14.3. The second-order valence-electron chi connectivity index (χ2n) is 7.08. The molecular formula is C24H18ClFN6O3. The molecule has 0 fully saturated rings. The van der Waals surface area contributed by atoms with Gasteiger partial charge in [-0.05, 0) is 48.5 Å². The molecule has 4 aromatic rings. The third kappa shape index (κ3) is 5.87. The maximum absolute atomic E-state index is 14.3. The van der Waals surface area contributed by atoms with Gasteiger partial charge in [0, 0.05) is 11.3 Å². The molecule has 3 N–H and O–H groups in total. The quantitative estimate of drug-likeness (QED) is 0.302. The molecule has 4 rings (SSSR count). The van der Waals surface area contributed by atoms with Gasteiger partial charge in [-0.1, -0.05) is 23.7 Å². The summed E-state index contributed by atoms with van der Waals surface area (Å²) in [5, 5.41) is 8.91. The summed E-state index contributed by atoms with van der Waals surface area (Å²) < 4.78 is 18.9. The van der Waals surface area contributed by atoms with Gasteiger partial charge in [0.2, 0.25) is 5.95 Å². The zero-order valence-electron chi connectivity index (χ0n) is 18.3. The molecule has 0 aliphatic carbocycles. The van der Waals surface area contributed by atoms with Crippen LogP contribution in [0.3, 0.4) is 0 Å². The summed E-state index contributed by atoms with van der Waals surface area (Å²) >= 11 is 6.08. The third-order valence-corrected chi connectivity index (χ3v) is 5.02. The number of benzene rings is 2. The average molecular weight is 493 g/mol. The lowest BCUT2D eigenvalue weighted by atomic mass is 10.2. The molecule has 176 valence electrons. The minimum atomic E-state index is -0.671. The van der Waals surface area contributed by atoms with Gasteiger partial charge in [-0.25, -0.2) is 19.2 Å². The van der Waals surface area contributed by atoms with Crippen molar-refractivity contribution in [3.63, 3.8) is 0 Å². The minimum Gasteiger partial charge on any atom is -0.464 e. The number of carbonyl (C=O) groups excluding carboxylic acids is 2. The Bertz CT molecular complexity index is 1370. The van der Waals surface area contributed by atoms with Crippen molar-refractivity contribution in [2.75, 3.05) is 23.1 Å². The highest BCUT2D eigenvalue weighted by Gasteiger charge is 2.12. The summed E-state index contributed by atoms with van der Waals surface area (Å²) in [6.45, 7) is 0. The summed E-state index contributed by atoms with van der Waals surface area (Å²) in [7, 11) is 1.26. The molecule has 0 unspecified atom stereocenters. The van der Waals surface area contributed by atoms with Crippen molar-refractivity contribution in [3.05, 3.63) is 95.2 Å². The number of carbonyl (C=O) groups is 2. The van der Waals surface area contributed by atoms with Crippen LogP contribution < -0.4 is 16.0 Å². The van der Waals surface area contributed by atoms with E-state index in [1.807, 2.05) is 0 Å². The summed E-state index contributed by atoms with van der Waals surface area (Å²) in [5.41, 5.74) is 2.03. The number of hydrogen-bond acceptors (Lipinski definition) is 8. The first-order valence-electron chi connectivity index (χ1n) is 10.2. The van der Waals surface area contributed by atoms with Crippen LogP contribution in [0.4, 0.5) is 33.2 Å². The van der Waals surface area contributed by atoms with E-state index in [0.29, 0.717) is 27.6 Å². The lowest BCUT2D eigenvalue weighted by Gasteiger charge is -2.11. The molecule has 0 bridgehead atoms. The van der Waals surface area contributed by atoms with Gasteiger partial charge in [-0.3, -0.25) is 4.79 Å². The molecule has 9 nitrogen and oxygen atoms in total. The predicted octanol–water partition coefficient (Wildman–Crippen LogP) is 5.19. The van der Waals surface area contributed by atoms with Crippen LogP contribution >= 0.6 is 11.6 Å². The molecule has 1 amide bonds. The van der Waals surface area contributed by atoms with E-state index in [1.165, 1.54) is 19.4 Å². The average Bonchev–Trinajstić information content (AvgIpc) is 2.88. The lowest BCUT2D eigenvalue weighted by Crippen LogP contribution is -2.12. The van der Waals surface area contributed by atoms with Crippen molar-refractivity contribution in [1.29, 1.82) is 0 Å². The Morgan fingerprint density at radius 1 is 0.914 bits per heavy atom. The number of pyridine rings is 1. The molecule has 35 heavy (non-hydrogen) atoms. The van der Waals surface area contributed by atoms with Gasteiger partial charge in [0.05, 0.1) is 35.9 Å². The van der Waals surface area contributed by atoms with Crippen LogP contribution in [0.5, 0.6) is 0 Å². The van der Waals surface area contributed by atoms with E-state index in [2.05, 4.69) is 35.6 Å². The Labute approximate surface area is 204 Å². The lowest BCUT2D eigenvalue weighted by molar-refractivity contribution is 0.0594. The molecule has 0 aliphatic rings. The van der Waals surface area contributed by atoms with Crippen LogP contribution in [0.25, 0.3) is 0 Å². The normalized spacial score (nSPS) is 10.4. The largest absolute Gasteiger partial charge is 0.464 e. The summed E-state index contributed by atoms with van der Waals surface area (Å²) in [5.74, 6) is -1.54. The van der Waals surface area contributed by atoms with Crippen molar-refractivity contribution in [2.45, 2.75) is 0 Å². The number of ether oxygens (including phenoxy) is 1. The molecule has 0 saturated heterocycles. The Morgan fingerprint density at radius 2 is 1.66 bits per heavy atom. The van der Waals surface area contributed by atoms with Gasteiger partial charge in [-0.15, -0.1) is 0 Å². The first-order valence-corrected chi connectivity index (χ1v) is 10.6. The summed E-state index contributed by atoms with van der Waals surface area (Å²) in [4.78, 5) is 36.0. The number of amides is 1. The zero-order chi connectivity index (χ0) is 24.8. The zero-order valence-corrected chi connectivity index (χ0v) is 19.0. The van der Waals surface area contributed by atoms with E-state index in [4.69, 9.17) is 11.6 Å². The monoisotopic (exact) mass is 492 g/mol. The van der Waals surface area contributed by atoms with Crippen molar-refractivity contribution in [3.8, 4) is 0 Å². The number of hydrogen-bond donors (Lipinski definition) is 3. The predicted molar refractivity (Wildman–Crippen MR) is 130 cm³/mol. The first-order chi connectivity index (χ1) is 16.9. The van der Waals surface area contributed by atoms with E-state index in [1.54, 1.807) is 54.6 Å². The number of para-hydroxylation sites is 1. The van der Waals surface area contributed by atoms with Crippen LogP contribution in [0.1, 0.15) is 20.8 Å². The van der Waals surface area contributed by atoms with Crippen LogP contribution in [0.2, 0.25) is 5.02 Å². The Morgan fingerprint density at radius 3 is 2.34 bits per heavy atom. The highest BCUT2D eigenvalue weighted by Crippen LogP contribution is 2.23. The van der Waals surface area contributed by atoms with Gasteiger partial charge >= 0.3 is 5.97 Å². The minimum absolute atomic E-state index is 0.0742. The van der Waals surface area contributed by atoms with Crippen molar-refractivity contribution in [2.24, 2.45) is 0 Å². The van der Waals surface area contributed by atoms with E-state index >= 15 is 0 Å². The topological polar surface area (TPSA) is 118 Å². The Kier molecular flexibility index (Phi) is 7.12. The summed E-state index contributed by atoms with van der Waals surface area (Å²) in [6, 6.07) is 16.4. The van der Waals surface area contributed by atoms with Gasteiger partial charge < -0.3 is 20.7 Å². The first kappa shape index (κ1) is 23.6. The van der Waals surface area contributed by atoms with Crippen molar-refractivity contribution in [1.82, 2.24) is 15.0 Å². The van der Waals surface area contributed by atoms with E-state index in [-0.39, 0.29) is 23.4 Å². The fourth-order valence-electron chi connectivity index (χ4n) is 2.94. The molecule has 0 atom stereocenters. The van der Waals surface area contributed by atoms with Gasteiger partial charge in [0.1, 0.15) is 5.69 Å². The van der Waals surface area contributed by atoms with Gasteiger partial charge in [-0.2, -0.15) is 4.98 Å². The van der Waals surface area contributed by atoms with Crippen LogP contribution in [-0.4, -0.2) is 33.9 Å². The van der Waals surface area contributed by atoms with Crippen LogP contribution in [0, 0.1) is 5.82 Å². The second-order valence-corrected chi connectivity index (χ2v) is 7.48. The van der Waals surface area contributed by atoms with Crippen LogP contribution in [0.15, 0.2) is 73.1 Å². The molecular weight excluding hydrogens is 475 g/mol. The molecule has 2 heterocycles. The number of nitrogens with one attached hydrogen (secondary N) is 3.